The molecule has 32 heavy (non-hydrogen) atoms. The van der Waals surface area contributed by atoms with Crippen molar-refractivity contribution in [2.24, 2.45) is 0 Å². The zero-order chi connectivity index (χ0) is 23.5. The van der Waals surface area contributed by atoms with E-state index in [1.54, 1.807) is 0 Å². The van der Waals surface area contributed by atoms with Crippen molar-refractivity contribution >= 4 is 11.7 Å². The number of nitrogens with one attached hydrogen (secondary N) is 1. The Labute approximate surface area is 178 Å². The number of halogens is 5. The number of methoxy groups -OCH3 is 1. The lowest BCUT2D eigenvalue weighted by Crippen LogP contribution is -2.24. The lowest BCUT2D eigenvalue weighted by molar-refractivity contribution is -0.162. The Balaban J connectivity index is 1.86. The largest absolute Gasteiger partial charge is 0.408 e. The second-order valence-corrected chi connectivity index (χ2v) is 6.63. The van der Waals surface area contributed by atoms with E-state index >= 15 is 0 Å². The molecule has 9 nitrogen and oxygen atoms in total. The number of ether oxygens (including phenoxy) is 1. The lowest BCUT2D eigenvalue weighted by Gasteiger charge is -2.18. The molecule has 0 aromatic carbocycles. The Kier molecular flexibility index (Phi) is 6.81. The number of nitrogens with zero attached hydrogens (tertiary/aromatic N) is 6. The molecule has 172 valence electrons. The molecule has 0 unspecified atom stereocenters. The first-order chi connectivity index (χ1) is 15.1. The number of hydrogen-bond acceptors (Lipinski definition) is 6. The maximum absolute atomic E-state index is 13.3. The molecule has 3 heterocycles. The van der Waals surface area contributed by atoms with E-state index < -0.39 is 30.2 Å². The molecule has 14 heteroatoms. The van der Waals surface area contributed by atoms with Crippen LogP contribution in [0.5, 0.6) is 0 Å². The highest BCUT2D eigenvalue weighted by molar-refractivity contribution is 6.04. The summed E-state index contributed by atoms with van der Waals surface area (Å²) >= 11 is 0. The van der Waals surface area contributed by atoms with E-state index in [2.05, 4.69) is 25.6 Å². The van der Waals surface area contributed by atoms with Gasteiger partial charge in [0.05, 0.1) is 18.7 Å². The molecule has 0 aliphatic carbocycles. The van der Waals surface area contributed by atoms with Crippen molar-refractivity contribution in [3.63, 3.8) is 0 Å². The Morgan fingerprint density at radius 2 is 2.03 bits per heavy atom. The van der Waals surface area contributed by atoms with Crippen LogP contribution in [0.3, 0.4) is 0 Å². The molecule has 1 N–H and O–H groups in total. The van der Waals surface area contributed by atoms with Crippen LogP contribution >= 0.6 is 0 Å². The number of rotatable bonds is 8. The Hall–Kier alpha value is -3.42. The van der Waals surface area contributed by atoms with Crippen LogP contribution in [0.1, 0.15) is 35.4 Å². The van der Waals surface area contributed by atoms with Crippen LogP contribution in [-0.2, 0) is 11.3 Å². The van der Waals surface area contributed by atoms with Gasteiger partial charge in [-0.05, 0) is 19.1 Å². The number of carbonyl (C=O) groups is 1. The minimum absolute atomic E-state index is 0.00118. The number of hydrogen-bond donors (Lipinski definition) is 1. The number of aromatic nitrogens is 6. The molecule has 0 spiro atoms. The third kappa shape index (κ3) is 5.07. The molecule has 0 saturated heterocycles. The predicted molar refractivity (Wildman–Crippen MR) is 101 cm³/mol. The summed E-state index contributed by atoms with van der Waals surface area (Å²) in [5.41, 5.74) is -1.08. The van der Waals surface area contributed by atoms with Gasteiger partial charge in [0.2, 0.25) is 0 Å². The fraction of sp³-hybridized carbons (Fsp3) is 0.389. The van der Waals surface area contributed by atoms with E-state index in [-0.39, 0.29) is 36.1 Å². The SMILES string of the molecule is COCCn1cc(C(=O)Nc2cccc(-c3nncn3[C@@H](C)C(F)(F)F)n2)c(C(F)F)n1. The van der Waals surface area contributed by atoms with Crippen molar-refractivity contribution in [3.8, 4) is 11.5 Å². The zero-order valence-corrected chi connectivity index (χ0v) is 16.8. The molecule has 0 saturated carbocycles. The summed E-state index contributed by atoms with van der Waals surface area (Å²) in [6.07, 6.45) is -5.47. The summed E-state index contributed by atoms with van der Waals surface area (Å²) in [6.45, 7) is 1.29. The van der Waals surface area contributed by atoms with Crippen molar-refractivity contribution in [1.29, 1.82) is 0 Å². The Morgan fingerprint density at radius 3 is 2.69 bits per heavy atom. The summed E-state index contributed by atoms with van der Waals surface area (Å²) in [4.78, 5) is 16.7. The molecule has 0 aliphatic heterocycles. The molecule has 3 aromatic rings. The molecule has 0 fully saturated rings. The normalized spacial score (nSPS) is 12.9. The van der Waals surface area contributed by atoms with Crippen LogP contribution in [0.15, 0.2) is 30.7 Å². The number of pyridine rings is 1. The van der Waals surface area contributed by atoms with E-state index in [0.29, 0.717) is 0 Å². The van der Waals surface area contributed by atoms with Crippen molar-refractivity contribution in [1.82, 2.24) is 29.5 Å². The first-order valence-electron chi connectivity index (χ1n) is 9.21. The van der Waals surface area contributed by atoms with E-state index in [9.17, 15) is 26.7 Å². The third-order valence-corrected chi connectivity index (χ3v) is 4.45. The number of alkyl halides is 5. The van der Waals surface area contributed by atoms with Gasteiger partial charge >= 0.3 is 6.18 Å². The third-order valence-electron chi connectivity index (χ3n) is 4.45. The van der Waals surface area contributed by atoms with Gasteiger partial charge < -0.3 is 14.6 Å². The molecule has 3 aromatic heterocycles. The summed E-state index contributed by atoms with van der Waals surface area (Å²) in [5.74, 6) is -1.16. The fourth-order valence-corrected chi connectivity index (χ4v) is 2.75. The monoisotopic (exact) mass is 459 g/mol. The summed E-state index contributed by atoms with van der Waals surface area (Å²) in [5, 5.41) is 13.2. The van der Waals surface area contributed by atoms with Gasteiger partial charge in [0.1, 0.15) is 29.6 Å². The maximum Gasteiger partial charge on any atom is 0.408 e. The topological polar surface area (TPSA) is 99.8 Å². The van der Waals surface area contributed by atoms with Gasteiger partial charge in [-0.1, -0.05) is 6.07 Å². The Morgan fingerprint density at radius 1 is 1.28 bits per heavy atom. The summed E-state index contributed by atoms with van der Waals surface area (Å²) < 4.78 is 72.7. The molecular weight excluding hydrogens is 441 g/mol. The minimum Gasteiger partial charge on any atom is -0.383 e. The molecule has 1 atom stereocenters. The van der Waals surface area contributed by atoms with E-state index in [0.717, 1.165) is 28.7 Å². The highest BCUT2D eigenvalue weighted by Crippen LogP contribution is 2.32. The van der Waals surface area contributed by atoms with Crippen LogP contribution in [0.4, 0.5) is 27.8 Å². The van der Waals surface area contributed by atoms with Crippen molar-refractivity contribution in [2.45, 2.75) is 32.1 Å². The molecular formula is C18H18F5N7O2. The van der Waals surface area contributed by atoms with Crippen LogP contribution in [0.2, 0.25) is 0 Å². The zero-order valence-electron chi connectivity index (χ0n) is 16.8. The van der Waals surface area contributed by atoms with Gasteiger partial charge in [0.25, 0.3) is 12.3 Å². The molecule has 0 aliphatic rings. The summed E-state index contributed by atoms with van der Waals surface area (Å²) in [6, 6.07) is 2.24. The molecule has 1 amide bonds. The van der Waals surface area contributed by atoms with Gasteiger partial charge in [0, 0.05) is 13.3 Å². The first kappa shape index (κ1) is 23.2. The van der Waals surface area contributed by atoms with Crippen molar-refractivity contribution < 1.29 is 31.5 Å². The average Bonchev–Trinajstić information content (AvgIpc) is 3.38. The second-order valence-electron chi connectivity index (χ2n) is 6.63. The molecule has 0 bridgehead atoms. The predicted octanol–water partition coefficient (Wildman–Crippen LogP) is 3.50. The first-order valence-corrected chi connectivity index (χ1v) is 9.21. The van der Waals surface area contributed by atoms with Gasteiger partial charge in [0.15, 0.2) is 5.82 Å². The molecule has 0 radical (unpaired) electrons. The molecule has 3 rings (SSSR count). The van der Waals surface area contributed by atoms with Gasteiger partial charge in [-0.25, -0.2) is 13.8 Å². The van der Waals surface area contributed by atoms with Crippen LogP contribution in [0, 0.1) is 0 Å². The van der Waals surface area contributed by atoms with E-state index in [1.165, 1.54) is 25.3 Å². The maximum atomic E-state index is 13.3. The van der Waals surface area contributed by atoms with Crippen molar-refractivity contribution in [2.75, 3.05) is 19.0 Å². The van der Waals surface area contributed by atoms with Gasteiger partial charge in [-0.3, -0.25) is 9.48 Å². The summed E-state index contributed by atoms with van der Waals surface area (Å²) in [7, 11) is 1.43. The van der Waals surface area contributed by atoms with Gasteiger partial charge in [-0.15, -0.1) is 10.2 Å². The fourth-order valence-electron chi connectivity index (χ4n) is 2.75. The average molecular weight is 459 g/mol. The van der Waals surface area contributed by atoms with Crippen molar-refractivity contribution in [3.05, 3.63) is 42.0 Å². The van der Waals surface area contributed by atoms with Crippen LogP contribution in [-0.4, -0.2) is 55.3 Å². The quantitative estimate of drug-likeness (QED) is 0.518. The van der Waals surface area contributed by atoms with Crippen LogP contribution < -0.4 is 5.32 Å². The van der Waals surface area contributed by atoms with Gasteiger partial charge in [-0.2, -0.15) is 18.3 Å². The smallest absolute Gasteiger partial charge is 0.383 e. The van der Waals surface area contributed by atoms with Crippen LogP contribution in [0.25, 0.3) is 11.5 Å². The standard InChI is InChI=1S/C18H18F5N7O2/c1-10(18(21,22)23)30-9-24-27-16(30)12-4-3-5-13(25-12)26-17(31)11-8-29(6-7-32-2)28-14(11)15(19)20/h3-5,8-10,15H,6-7H2,1-2H3,(H,25,26,31)/t10-/m0/s1. The number of carbonyl (C=O) groups excluding carboxylic acids is 1. The second kappa shape index (κ2) is 9.38. The highest BCUT2D eigenvalue weighted by atomic mass is 19.4. The lowest BCUT2D eigenvalue weighted by atomic mass is 10.2. The van der Waals surface area contributed by atoms with E-state index in [1.807, 2.05) is 0 Å². The number of anilines is 1. The Bertz CT molecular complexity index is 1080. The number of amides is 1. The highest BCUT2D eigenvalue weighted by Gasteiger charge is 2.38. The van der Waals surface area contributed by atoms with E-state index in [4.69, 9.17) is 4.74 Å². The minimum atomic E-state index is -4.54.